The van der Waals surface area contributed by atoms with Gasteiger partial charge in [-0.05, 0) is 31.3 Å². The molecule has 0 unspecified atom stereocenters. The van der Waals surface area contributed by atoms with E-state index in [0.29, 0.717) is 59.5 Å². The smallest absolute Gasteiger partial charge is 0.221 e. The summed E-state index contributed by atoms with van der Waals surface area (Å²) in [4.78, 5) is 10.9. The van der Waals surface area contributed by atoms with Crippen LogP contribution in [0.1, 0.15) is 6.92 Å². The Hall–Kier alpha value is -1.71. The molecule has 8 heteroatoms. The Kier molecular flexibility index (Phi) is 14.2. The lowest BCUT2D eigenvalue weighted by Crippen LogP contribution is -2.17. The number of carbonyl (C=O) groups excluding carboxylic acids is 1. The van der Waals surface area contributed by atoms with Gasteiger partial charge in [0.1, 0.15) is 12.4 Å². The minimum absolute atomic E-state index is 0.0972. The SMILES string of the molecule is CNCCOCCOCCOCCOCCOc1ccc(NC(C)=O)cc1. The number of carbonyl (C=O) groups is 1. The van der Waals surface area contributed by atoms with Gasteiger partial charge >= 0.3 is 0 Å². The van der Waals surface area contributed by atoms with Crippen LogP contribution in [0, 0.1) is 0 Å². The van der Waals surface area contributed by atoms with Gasteiger partial charge in [-0.25, -0.2) is 0 Å². The molecule has 27 heavy (non-hydrogen) atoms. The Bertz CT molecular complexity index is 484. The molecule has 0 spiro atoms. The molecule has 1 aromatic rings. The van der Waals surface area contributed by atoms with Gasteiger partial charge in [0.05, 0.1) is 52.9 Å². The summed E-state index contributed by atoms with van der Waals surface area (Å²) >= 11 is 0. The summed E-state index contributed by atoms with van der Waals surface area (Å²) in [7, 11) is 1.89. The first-order valence-electron chi connectivity index (χ1n) is 9.18. The Morgan fingerprint density at radius 2 is 1.26 bits per heavy atom. The van der Waals surface area contributed by atoms with Crippen LogP contribution in [0.2, 0.25) is 0 Å². The van der Waals surface area contributed by atoms with E-state index in [1.165, 1.54) is 6.92 Å². The monoisotopic (exact) mass is 384 g/mol. The third-order valence-corrected chi connectivity index (χ3v) is 3.28. The summed E-state index contributed by atoms with van der Waals surface area (Å²) < 4.78 is 27.1. The van der Waals surface area contributed by atoms with Crippen LogP contribution in [-0.2, 0) is 23.7 Å². The lowest BCUT2D eigenvalue weighted by atomic mass is 10.3. The number of amides is 1. The molecule has 0 radical (unpaired) electrons. The largest absolute Gasteiger partial charge is 0.491 e. The molecule has 0 saturated heterocycles. The maximum Gasteiger partial charge on any atom is 0.221 e. The second-order valence-electron chi connectivity index (χ2n) is 5.61. The number of ether oxygens (including phenoxy) is 5. The normalized spacial score (nSPS) is 10.7. The van der Waals surface area contributed by atoms with Gasteiger partial charge in [0.2, 0.25) is 5.91 Å². The first kappa shape index (κ1) is 23.3. The molecular formula is C19H32N2O6. The molecule has 0 fully saturated rings. The van der Waals surface area contributed by atoms with Crippen LogP contribution < -0.4 is 15.4 Å². The molecule has 154 valence electrons. The molecule has 0 bridgehead atoms. The molecular weight excluding hydrogens is 352 g/mol. The van der Waals surface area contributed by atoms with Gasteiger partial charge in [-0.3, -0.25) is 4.79 Å². The number of benzene rings is 1. The van der Waals surface area contributed by atoms with Crippen molar-refractivity contribution in [3.8, 4) is 5.75 Å². The van der Waals surface area contributed by atoms with E-state index >= 15 is 0 Å². The minimum Gasteiger partial charge on any atom is -0.491 e. The molecule has 1 amide bonds. The van der Waals surface area contributed by atoms with Gasteiger partial charge in [-0.2, -0.15) is 0 Å². The topological polar surface area (TPSA) is 87.3 Å². The average molecular weight is 384 g/mol. The predicted octanol–water partition coefficient (Wildman–Crippen LogP) is 1.31. The minimum atomic E-state index is -0.0972. The number of likely N-dealkylation sites (N-methyl/N-ethyl adjacent to an activating group) is 1. The van der Waals surface area contributed by atoms with Crippen LogP contribution in [0.25, 0.3) is 0 Å². The molecule has 0 heterocycles. The molecule has 0 atom stereocenters. The van der Waals surface area contributed by atoms with Crippen LogP contribution in [-0.4, -0.2) is 79.0 Å². The lowest BCUT2D eigenvalue weighted by Gasteiger charge is -2.09. The molecule has 2 N–H and O–H groups in total. The first-order chi connectivity index (χ1) is 13.2. The molecule has 0 aliphatic heterocycles. The zero-order valence-electron chi connectivity index (χ0n) is 16.3. The summed E-state index contributed by atoms with van der Waals surface area (Å²) in [6.07, 6.45) is 0. The lowest BCUT2D eigenvalue weighted by molar-refractivity contribution is -0.114. The van der Waals surface area contributed by atoms with Gasteiger partial charge in [0, 0.05) is 19.2 Å². The molecule has 0 saturated carbocycles. The second-order valence-corrected chi connectivity index (χ2v) is 5.61. The summed E-state index contributed by atoms with van der Waals surface area (Å²) in [5.74, 6) is 0.635. The maximum absolute atomic E-state index is 10.9. The van der Waals surface area contributed by atoms with Crippen LogP contribution in [0.15, 0.2) is 24.3 Å². The van der Waals surface area contributed by atoms with Crippen LogP contribution in [0.5, 0.6) is 5.75 Å². The highest BCUT2D eigenvalue weighted by molar-refractivity contribution is 5.88. The highest BCUT2D eigenvalue weighted by Crippen LogP contribution is 2.15. The average Bonchev–Trinajstić information content (AvgIpc) is 2.66. The quantitative estimate of drug-likeness (QED) is 0.392. The van der Waals surface area contributed by atoms with Crippen molar-refractivity contribution in [3.63, 3.8) is 0 Å². The van der Waals surface area contributed by atoms with E-state index in [9.17, 15) is 4.79 Å². The highest BCUT2D eigenvalue weighted by atomic mass is 16.6. The van der Waals surface area contributed by atoms with E-state index in [4.69, 9.17) is 23.7 Å². The fourth-order valence-electron chi connectivity index (χ4n) is 1.99. The van der Waals surface area contributed by atoms with Crippen molar-refractivity contribution in [2.75, 3.05) is 78.4 Å². The highest BCUT2D eigenvalue weighted by Gasteiger charge is 1.98. The number of hydrogen-bond acceptors (Lipinski definition) is 7. The zero-order chi connectivity index (χ0) is 19.6. The van der Waals surface area contributed by atoms with Crippen LogP contribution >= 0.6 is 0 Å². The second kappa shape index (κ2) is 16.5. The van der Waals surface area contributed by atoms with Crippen molar-refractivity contribution in [1.82, 2.24) is 5.32 Å². The fraction of sp³-hybridized carbons (Fsp3) is 0.632. The predicted molar refractivity (Wildman–Crippen MR) is 103 cm³/mol. The Morgan fingerprint density at radius 1 is 0.778 bits per heavy atom. The van der Waals surface area contributed by atoms with Gasteiger partial charge in [0.25, 0.3) is 0 Å². The van der Waals surface area contributed by atoms with Crippen LogP contribution in [0.3, 0.4) is 0 Å². The van der Waals surface area contributed by atoms with E-state index in [-0.39, 0.29) is 5.91 Å². The molecule has 1 rings (SSSR count). The van der Waals surface area contributed by atoms with Gasteiger partial charge in [-0.15, -0.1) is 0 Å². The van der Waals surface area contributed by atoms with Crippen molar-refractivity contribution in [2.45, 2.75) is 6.92 Å². The molecule has 0 aliphatic rings. The van der Waals surface area contributed by atoms with Crippen molar-refractivity contribution < 1.29 is 28.5 Å². The number of anilines is 1. The van der Waals surface area contributed by atoms with Crippen molar-refractivity contribution in [3.05, 3.63) is 24.3 Å². The van der Waals surface area contributed by atoms with Crippen molar-refractivity contribution in [2.24, 2.45) is 0 Å². The molecule has 1 aromatic carbocycles. The summed E-state index contributed by atoms with van der Waals surface area (Å²) in [5.41, 5.74) is 0.744. The Balaban J connectivity index is 1.84. The standard InChI is InChI=1S/C19H32N2O6/c1-17(22)21-18-3-5-19(6-4-18)27-16-15-26-14-13-25-12-11-24-10-9-23-8-7-20-2/h3-6,20H,7-16H2,1-2H3,(H,21,22). The van der Waals surface area contributed by atoms with E-state index in [1.54, 1.807) is 24.3 Å². The number of hydrogen-bond donors (Lipinski definition) is 2. The van der Waals surface area contributed by atoms with E-state index in [0.717, 1.165) is 18.0 Å². The summed E-state index contributed by atoms with van der Waals surface area (Å²) in [6, 6.07) is 7.20. The van der Waals surface area contributed by atoms with Gasteiger partial charge < -0.3 is 34.3 Å². The fourth-order valence-corrected chi connectivity index (χ4v) is 1.99. The third-order valence-electron chi connectivity index (χ3n) is 3.28. The third kappa shape index (κ3) is 14.1. The zero-order valence-corrected chi connectivity index (χ0v) is 16.3. The van der Waals surface area contributed by atoms with Crippen LogP contribution in [0.4, 0.5) is 5.69 Å². The van der Waals surface area contributed by atoms with E-state index < -0.39 is 0 Å². The Labute approximate surface area is 161 Å². The van der Waals surface area contributed by atoms with Crippen molar-refractivity contribution in [1.29, 1.82) is 0 Å². The summed E-state index contributed by atoms with van der Waals surface area (Å²) in [6.45, 7) is 7.25. The Morgan fingerprint density at radius 3 is 1.74 bits per heavy atom. The van der Waals surface area contributed by atoms with E-state index in [1.807, 2.05) is 7.05 Å². The first-order valence-corrected chi connectivity index (χ1v) is 9.18. The number of nitrogens with one attached hydrogen (secondary N) is 2. The molecule has 8 nitrogen and oxygen atoms in total. The van der Waals surface area contributed by atoms with E-state index in [2.05, 4.69) is 10.6 Å². The molecule has 0 aliphatic carbocycles. The van der Waals surface area contributed by atoms with Gasteiger partial charge in [-0.1, -0.05) is 0 Å². The summed E-state index contributed by atoms with van der Waals surface area (Å²) in [5, 5.41) is 5.71. The van der Waals surface area contributed by atoms with Gasteiger partial charge in [0.15, 0.2) is 0 Å². The maximum atomic E-state index is 10.9. The van der Waals surface area contributed by atoms with Crippen molar-refractivity contribution >= 4 is 11.6 Å². The molecule has 0 aromatic heterocycles. The number of rotatable bonds is 17.